The summed E-state index contributed by atoms with van der Waals surface area (Å²) in [7, 11) is 1.61. The van der Waals surface area contributed by atoms with E-state index in [1.807, 2.05) is 0 Å². The first-order valence-corrected chi connectivity index (χ1v) is 7.89. The van der Waals surface area contributed by atoms with E-state index >= 15 is 0 Å². The van der Waals surface area contributed by atoms with Crippen molar-refractivity contribution in [2.75, 3.05) is 30.9 Å². The van der Waals surface area contributed by atoms with E-state index in [0.717, 1.165) is 12.5 Å². The van der Waals surface area contributed by atoms with Crippen LogP contribution in [0.25, 0.3) is 0 Å². The van der Waals surface area contributed by atoms with Crippen molar-refractivity contribution in [3.05, 3.63) is 40.7 Å². The average molecular weight is 375 g/mol. The van der Waals surface area contributed by atoms with Crippen molar-refractivity contribution in [3.63, 3.8) is 0 Å². The van der Waals surface area contributed by atoms with Crippen LogP contribution >= 0.6 is 11.6 Å². The van der Waals surface area contributed by atoms with Crippen LogP contribution < -0.4 is 10.6 Å². The summed E-state index contributed by atoms with van der Waals surface area (Å²) < 4.78 is 44.5. The van der Waals surface area contributed by atoms with Gasteiger partial charge in [-0.2, -0.15) is 13.2 Å². The quantitative estimate of drug-likeness (QED) is 0.691. The second-order valence-corrected chi connectivity index (χ2v) is 5.71. The molecule has 0 aliphatic heterocycles. The van der Waals surface area contributed by atoms with E-state index in [1.54, 1.807) is 20.1 Å². The van der Waals surface area contributed by atoms with E-state index in [1.165, 1.54) is 12.1 Å². The number of benzene rings is 1. The Morgan fingerprint density at radius 1 is 1.16 bits per heavy atom. The maximum Gasteiger partial charge on any atom is 0.418 e. The number of ether oxygens (including phenoxy) is 1. The number of methoxy groups -OCH3 is 1. The van der Waals surface area contributed by atoms with Crippen molar-refractivity contribution in [2.45, 2.75) is 19.5 Å². The Bertz CT molecular complexity index is 725. The standard InChI is InChI=1S/C16H18ClF3N4O/c1-10-22-14(21-6-3-7-25-2)9-15(23-10)24-13-5-4-11(17)8-12(13)16(18,19)20/h4-5,8-9H,3,6-7H2,1-2H3,(H2,21,22,23,24). The van der Waals surface area contributed by atoms with Gasteiger partial charge in [-0.05, 0) is 31.5 Å². The van der Waals surface area contributed by atoms with E-state index in [0.29, 0.717) is 24.8 Å². The molecule has 0 unspecified atom stereocenters. The van der Waals surface area contributed by atoms with Crippen molar-refractivity contribution in [1.82, 2.24) is 9.97 Å². The van der Waals surface area contributed by atoms with E-state index in [-0.39, 0.29) is 16.5 Å². The summed E-state index contributed by atoms with van der Waals surface area (Å²) in [6.45, 7) is 2.89. The lowest BCUT2D eigenvalue weighted by atomic mass is 10.1. The smallest absolute Gasteiger partial charge is 0.385 e. The number of aryl methyl sites for hydroxylation is 1. The Labute approximate surface area is 148 Å². The van der Waals surface area contributed by atoms with Gasteiger partial charge >= 0.3 is 6.18 Å². The van der Waals surface area contributed by atoms with Gasteiger partial charge < -0.3 is 15.4 Å². The number of aromatic nitrogens is 2. The predicted molar refractivity (Wildman–Crippen MR) is 91.5 cm³/mol. The molecule has 0 fully saturated rings. The van der Waals surface area contributed by atoms with Gasteiger partial charge in [0.2, 0.25) is 0 Å². The van der Waals surface area contributed by atoms with Gasteiger partial charge in [-0.25, -0.2) is 9.97 Å². The summed E-state index contributed by atoms with van der Waals surface area (Å²) in [6.07, 6.45) is -3.76. The molecule has 0 saturated heterocycles. The molecule has 1 aromatic heterocycles. The van der Waals surface area contributed by atoms with E-state index in [9.17, 15) is 13.2 Å². The highest BCUT2D eigenvalue weighted by atomic mass is 35.5. The molecule has 1 aromatic carbocycles. The highest BCUT2D eigenvalue weighted by molar-refractivity contribution is 6.30. The third-order valence-corrected chi connectivity index (χ3v) is 3.45. The Kier molecular flexibility index (Phi) is 6.44. The number of nitrogens with one attached hydrogen (secondary N) is 2. The first-order valence-electron chi connectivity index (χ1n) is 7.52. The van der Waals surface area contributed by atoms with E-state index < -0.39 is 11.7 Å². The van der Waals surface area contributed by atoms with Crippen LogP contribution in [0.3, 0.4) is 0 Å². The highest BCUT2D eigenvalue weighted by Gasteiger charge is 2.34. The molecule has 0 atom stereocenters. The first kappa shape index (κ1) is 19.3. The van der Waals surface area contributed by atoms with Gasteiger partial charge in [0.25, 0.3) is 0 Å². The van der Waals surface area contributed by atoms with Crippen LogP contribution in [-0.4, -0.2) is 30.2 Å². The molecule has 2 rings (SSSR count). The van der Waals surface area contributed by atoms with Crippen LogP contribution in [0.1, 0.15) is 17.8 Å². The Hall–Kier alpha value is -2.06. The molecule has 0 aliphatic rings. The largest absolute Gasteiger partial charge is 0.418 e. The molecule has 0 amide bonds. The number of hydrogen-bond donors (Lipinski definition) is 2. The average Bonchev–Trinajstić information content (AvgIpc) is 2.52. The van der Waals surface area contributed by atoms with Gasteiger partial charge in [0, 0.05) is 31.4 Å². The minimum atomic E-state index is -4.53. The van der Waals surface area contributed by atoms with Gasteiger partial charge in [0.05, 0.1) is 11.3 Å². The normalized spacial score (nSPS) is 11.4. The van der Waals surface area contributed by atoms with E-state index in [4.69, 9.17) is 16.3 Å². The van der Waals surface area contributed by atoms with Crippen molar-refractivity contribution in [1.29, 1.82) is 0 Å². The number of nitrogens with zero attached hydrogens (tertiary/aromatic N) is 2. The molecular formula is C16H18ClF3N4O. The lowest BCUT2D eigenvalue weighted by Crippen LogP contribution is -2.11. The number of anilines is 3. The lowest BCUT2D eigenvalue weighted by Gasteiger charge is -2.15. The first-order chi connectivity index (χ1) is 11.8. The van der Waals surface area contributed by atoms with Crippen molar-refractivity contribution < 1.29 is 17.9 Å². The summed E-state index contributed by atoms with van der Waals surface area (Å²) in [4.78, 5) is 8.34. The van der Waals surface area contributed by atoms with Gasteiger partial charge in [0.15, 0.2) is 0 Å². The number of rotatable bonds is 7. The van der Waals surface area contributed by atoms with Crippen LogP contribution in [0.2, 0.25) is 5.02 Å². The maximum atomic E-state index is 13.2. The molecule has 1 heterocycles. The summed E-state index contributed by atoms with van der Waals surface area (Å²) in [6, 6.07) is 5.09. The number of halogens is 4. The van der Waals surface area contributed by atoms with Gasteiger partial charge in [-0.3, -0.25) is 0 Å². The molecular weight excluding hydrogens is 357 g/mol. The summed E-state index contributed by atoms with van der Waals surface area (Å²) in [5.74, 6) is 1.21. The second kappa shape index (κ2) is 8.35. The molecule has 0 radical (unpaired) electrons. The third kappa shape index (κ3) is 5.75. The molecule has 0 spiro atoms. The zero-order valence-corrected chi connectivity index (χ0v) is 14.5. The zero-order valence-electron chi connectivity index (χ0n) is 13.7. The monoisotopic (exact) mass is 374 g/mol. The second-order valence-electron chi connectivity index (χ2n) is 5.27. The van der Waals surface area contributed by atoms with Crippen LogP contribution in [0, 0.1) is 6.92 Å². The molecule has 0 bridgehead atoms. The Balaban J connectivity index is 2.22. The maximum absolute atomic E-state index is 13.2. The molecule has 0 aliphatic carbocycles. The fourth-order valence-electron chi connectivity index (χ4n) is 2.15. The molecule has 136 valence electrons. The molecule has 25 heavy (non-hydrogen) atoms. The third-order valence-electron chi connectivity index (χ3n) is 3.22. The minimum Gasteiger partial charge on any atom is -0.385 e. The number of alkyl halides is 3. The lowest BCUT2D eigenvalue weighted by molar-refractivity contribution is -0.136. The molecule has 9 heteroatoms. The van der Waals surface area contributed by atoms with Gasteiger partial charge in [0.1, 0.15) is 17.5 Å². The highest BCUT2D eigenvalue weighted by Crippen LogP contribution is 2.37. The van der Waals surface area contributed by atoms with Crippen molar-refractivity contribution in [2.24, 2.45) is 0 Å². The Morgan fingerprint density at radius 3 is 2.56 bits per heavy atom. The Morgan fingerprint density at radius 2 is 1.88 bits per heavy atom. The SMILES string of the molecule is COCCCNc1cc(Nc2ccc(Cl)cc2C(F)(F)F)nc(C)n1. The van der Waals surface area contributed by atoms with Crippen molar-refractivity contribution >= 4 is 28.9 Å². The van der Waals surface area contributed by atoms with Crippen LogP contribution in [0.4, 0.5) is 30.5 Å². The fourth-order valence-corrected chi connectivity index (χ4v) is 2.33. The molecule has 2 aromatic rings. The van der Waals surface area contributed by atoms with Gasteiger partial charge in [-0.15, -0.1) is 0 Å². The molecule has 2 N–H and O–H groups in total. The predicted octanol–water partition coefficient (Wildman–Crippen LogP) is 4.65. The summed E-state index contributed by atoms with van der Waals surface area (Å²) >= 11 is 5.69. The topological polar surface area (TPSA) is 59.1 Å². The molecule has 5 nitrogen and oxygen atoms in total. The van der Waals surface area contributed by atoms with Crippen LogP contribution in [0.15, 0.2) is 24.3 Å². The van der Waals surface area contributed by atoms with Crippen LogP contribution in [0.5, 0.6) is 0 Å². The molecule has 0 saturated carbocycles. The van der Waals surface area contributed by atoms with Crippen molar-refractivity contribution in [3.8, 4) is 0 Å². The zero-order chi connectivity index (χ0) is 18.4. The fraction of sp³-hybridized carbons (Fsp3) is 0.375. The van der Waals surface area contributed by atoms with Gasteiger partial charge in [-0.1, -0.05) is 11.6 Å². The minimum absolute atomic E-state index is 0.0113. The number of hydrogen-bond acceptors (Lipinski definition) is 5. The summed E-state index contributed by atoms with van der Waals surface area (Å²) in [5, 5.41) is 5.79. The van der Waals surface area contributed by atoms with E-state index in [2.05, 4.69) is 20.6 Å². The summed E-state index contributed by atoms with van der Waals surface area (Å²) in [5.41, 5.74) is -0.980. The van der Waals surface area contributed by atoms with Crippen LogP contribution in [-0.2, 0) is 10.9 Å².